The van der Waals surface area contributed by atoms with E-state index in [1.807, 2.05) is 29.5 Å². The predicted molar refractivity (Wildman–Crippen MR) is 83.7 cm³/mol. The zero-order valence-electron chi connectivity index (χ0n) is 10.7. The van der Waals surface area contributed by atoms with Crippen molar-refractivity contribution < 1.29 is 4.92 Å². The Balaban J connectivity index is 2.65. The lowest BCUT2D eigenvalue weighted by molar-refractivity contribution is -0.384. The molecular weight excluding hydrogens is 373 g/mol. The fourth-order valence-electron chi connectivity index (χ4n) is 1.87. The van der Waals surface area contributed by atoms with E-state index in [1.165, 1.54) is 6.07 Å². The van der Waals surface area contributed by atoms with Crippen molar-refractivity contribution >= 4 is 28.3 Å². The van der Waals surface area contributed by atoms with Gasteiger partial charge in [0, 0.05) is 6.07 Å². The van der Waals surface area contributed by atoms with Crippen LogP contribution in [0.5, 0.6) is 0 Å². The smallest absolute Gasteiger partial charge is 0.280 e. The number of nitrogens with one attached hydrogen (secondary N) is 1. The number of H-pyrrole nitrogens is 1. The molecule has 0 saturated carbocycles. The molecule has 0 spiro atoms. The quantitative estimate of drug-likeness (QED) is 0.498. The van der Waals surface area contributed by atoms with Crippen LogP contribution in [0.15, 0.2) is 29.1 Å². The molecule has 104 valence electrons. The van der Waals surface area contributed by atoms with Crippen molar-refractivity contribution in [2.24, 2.45) is 0 Å². The Morgan fingerprint density at radius 3 is 2.75 bits per heavy atom. The summed E-state index contributed by atoms with van der Waals surface area (Å²) in [6.07, 6.45) is 1.51. The fourth-order valence-corrected chi connectivity index (χ4v) is 2.39. The molecule has 1 heterocycles. The number of nitro groups is 1. The summed E-state index contributed by atoms with van der Waals surface area (Å²) >= 11 is 1.95. The number of aryl methyl sites for hydroxylation is 1. The number of aromatic nitrogens is 2. The average molecular weight is 385 g/mol. The number of nitrogens with zero attached hydrogens (tertiary/aromatic N) is 2. The van der Waals surface area contributed by atoms with Crippen molar-refractivity contribution in [2.45, 2.75) is 19.8 Å². The Bertz CT molecular complexity index is 712. The minimum Gasteiger partial charge on any atom is -0.305 e. The van der Waals surface area contributed by atoms with Crippen LogP contribution in [-0.4, -0.2) is 14.9 Å². The van der Waals surface area contributed by atoms with E-state index in [0.717, 1.165) is 6.42 Å². The van der Waals surface area contributed by atoms with Crippen molar-refractivity contribution in [3.05, 3.63) is 54.0 Å². The van der Waals surface area contributed by atoms with Crippen molar-refractivity contribution in [3.8, 4) is 11.4 Å². The molecule has 2 aromatic rings. The topological polar surface area (TPSA) is 88.9 Å². The number of para-hydroxylation sites is 1. The first-order valence-corrected chi connectivity index (χ1v) is 7.15. The van der Waals surface area contributed by atoms with E-state index in [9.17, 15) is 14.9 Å². The van der Waals surface area contributed by atoms with Gasteiger partial charge in [-0.3, -0.25) is 14.9 Å². The van der Waals surface area contributed by atoms with Gasteiger partial charge < -0.3 is 4.98 Å². The third-order valence-corrected chi connectivity index (χ3v) is 3.89. The van der Waals surface area contributed by atoms with Crippen LogP contribution in [0, 0.1) is 13.7 Å². The zero-order chi connectivity index (χ0) is 14.7. The fraction of sp³-hybridized carbons (Fsp3) is 0.231. The first-order valence-electron chi connectivity index (χ1n) is 6.07. The summed E-state index contributed by atoms with van der Waals surface area (Å²) in [4.78, 5) is 29.5. The van der Waals surface area contributed by atoms with Crippen molar-refractivity contribution in [1.82, 2.24) is 9.97 Å². The molecule has 0 aliphatic rings. The van der Waals surface area contributed by atoms with E-state index in [4.69, 9.17) is 0 Å². The largest absolute Gasteiger partial charge is 0.305 e. The van der Waals surface area contributed by atoms with Crippen LogP contribution in [0.1, 0.15) is 19.0 Å². The second-order valence-electron chi connectivity index (χ2n) is 4.20. The van der Waals surface area contributed by atoms with Gasteiger partial charge in [-0.15, -0.1) is 0 Å². The van der Waals surface area contributed by atoms with Crippen molar-refractivity contribution in [2.75, 3.05) is 0 Å². The van der Waals surface area contributed by atoms with Crippen LogP contribution >= 0.6 is 22.6 Å². The molecule has 2 rings (SSSR count). The first kappa shape index (κ1) is 14.6. The molecule has 1 N–H and O–H groups in total. The minimum atomic E-state index is -0.479. The molecule has 7 heteroatoms. The number of hydrogen-bond donors (Lipinski definition) is 1. The Morgan fingerprint density at radius 1 is 1.40 bits per heavy atom. The molecule has 0 aliphatic heterocycles. The van der Waals surface area contributed by atoms with E-state index in [1.54, 1.807) is 18.2 Å². The van der Waals surface area contributed by atoms with Gasteiger partial charge in [0.15, 0.2) is 0 Å². The van der Waals surface area contributed by atoms with Gasteiger partial charge in [0.2, 0.25) is 0 Å². The van der Waals surface area contributed by atoms with Gasteiger partial charge in [-0.25, -0.2) is 4.98 Å². The molecule has 0 unspecified atom stereocenters. The highest BCUT2D eigenvalue weighted by Crippen LogP contribution is 2.26. The molecule has 20 heavy (non-hydrogen) atoms. The summed E-state index contributed by atoms with van der Waals surface area (Å²) in [6, 6.07) is 6.24. The van der Waals surface area contributed by atoms with Gasteiger partial charge in [0.25, 0.3) is 11.2 Å². The van der Waals surface area contributed by atoms with Crippen LogP contribution < -0.4 is 5.56 Å². The minimum absolute atomic E-state index is 0.0701. The molecule has 0 aliphatic carbocycles. The van der Waals surface area contributed by atoms with Crippen LogP contribution in [-0.2, 0) is 6.42 Å². The molecule has 0 bridgehead atoms. The number of aromatic amines is 1. The van der Waals surface area contributed by atoms with E-state index in [2.05, 4.69) is 9.97 Å². The molecule has 1 aromatic heterocycles. The Kier molecular flexibility index (Phi) is 4.48. The first-order chi connectivity index (χ1) is 9.54. The lowest BCUT2D eigenvalue weighted by Crippen LogP contribution is -2.16. The summed E-state index contributed by atoms with van der Waals surface area (Å²) in [7, 11) is 0. The Labute approximate surface area is 128 Å². The highest BCUT2D eigenvalue weighted by atomic mass is 127. The summed E-state index contributed by atoms with van der Waals surface area (Å²) in [5.41, 5.74) is 0.657. The van der Waals surface area contributed by atoms with E-state index >= 15 is 0 Å². The van der Waals surface area contributed by atoms with Crippen LogP contribution in [0.3, 0.4) is 0 Å². The number of benzene rings is 1. The summed E-state index contributed by atoms with van der Waals surface area (Å²) in [5, 5.41) is 11.0. The highest BCUT2D eigenvalue weighted by molar-refractivity contribution is 14.1. The molecule has 0 amide bonds. The van der Waals surface area contributed by atoms with Gasteiger partial charge in [0.05, 0.1) is 19.8 Å². The molecule has 6 nitrogen and oxygen atoms in total. The summed E-state index contributed by atoms with van der Waals surface area (Å²) in [5.74, 6) is 0.242. The molecule has 1 aromatic carbocycles. The number of hydrogen-bond acceptors (Lipinski definition) is 4. The van der Waals surface area contributed by atoms with Gasteiger partial charge in [-0.2, -0.15) is 0 Å². The van der Waals surface area contributed by atoms with Gasteiger partial charge in [-0.1, -0.05) is 25.5 Å². The van der Waals surface area contributed by atoms with Gasteiger partial charge in [0.1, 0.15) is 5.82 Å². The van der Waals surface area contributed by atoms with Crippen LogP contribution in [0.4, 0.5) is 5.69 Å². The molecule has 0 atom stereocenters. The zero-order valence-corrected chi connectivity index (χ0v) is 12.9. The molecule has 0 radical (unpaired) electrons. The monoisotopic (exact) mass is 385 g/mol. The van der Waals surface area contributed by atoms with Crippen molar-refractivity contribution in [1.29, 1.82) is 0 Å². The predicted octanol–water partition coefficient (Wildman–Crippen LogP) is 2.90. The van der Waals surface area contributed by atoms with Crippen molar-refractivity contribution in [3.63, 3.8) is 0 Å². The van der Waals surface area contributed by atoms with E-state index in [-0.39, 0.29) is 17.1 Å². The summed E-state index contributed by atoms with van der Waals surface area (Å²) in [6.45, 7) is 1.99. The maximum atomic E-state index is 11.9. The van der Waals surface area contributed by atoms with E-state index in [0.29, 0.717) is 21.2 Å². The van der Waals surface area contributed by atoms with Gasteiger partial charge in [-0.05, 0) is 35.1 Å². The standard InChI is InChI=1S/C13H12IN3O3/c1-2-5-9-11(14)13(18)16-12(15-9)8-6-3-4-7-10(8)17(19)20/h3-4,6-7H,2,5H2,1H3,(H,15,16,18). The Morgan fingerprint density at radius 2 is 2.10 bits per heavy atom. The third-order valence-electron chi connectivity index (χ3n) is 2.77. The second kappa shape index (κ2) is 6.12. The van der Waals surface area contributed by atoms with Crippen LogP contribution in [0.2, 0.25) is 0 Å². The number of halogens is 1. The maximum Gasteiger partial charge on any atom is 0.280 e. The number of nitro benzene ring substituents is 1. The van der Waals surface area contributed by atoms with E-state index < -0.39 is 4.92 Å². The van der Waals surface area contributed by atoms with Gasteiger partial charge >= 0.3 is 0 Å². The average Bonchev–Trinajstić information content (AvgIpc) is 2.43. The molecule has 0 saturated heterocycles. The molecular formula is C13H12IN3O3. The third kappa shape index (κ3) is 2.87. The lowest BCUT2D eigenvalue weighted by Gasteiger charge is -2.06. The summed E-state index contributed by atoms with van der Waals surface area (Å²) < 4.78 is 0.534. The SMILES string of the molecule is CCCc1nc(-c2ccccc2[N+](=O)[O-])[nH]c(=O)c1I. The normalized spacial score (nSPS) is 10.5. The maximum absolute atomic E-state index is 11.9. The highest BCUT2D eigenvalue weighted by Gasteiger charge is 2.18. The number of rotatable bonds is 4. The van der Waals surface area contributed by atoms with Crippen LogP contribution in [0.25, 0.3) is 11.4 Å². The second-order valence-corrected chi connectivity index (χ2v) is 5.28. The lowest BCUT2D eigenvalue weighted by atomic mass is 10.1. The molecule has 0 fully saturated rings. The Hall–Kier alpha value is -1.77.